The van der Waals surface area contributed by atoms with Crippen molar-refractivity contribution in [1.29, 1.82) is 0 Å². The maximum absolute atomic E-state index is 13.1. The van der Waals surface area contributed by atoms with E-state index in [1.54, 1.807) is 50.7 Å². The van der Waals surface area contributed by atoms with Crippen LogP contribution < -0.4 is 25.0 Å². The molecule has 2 amide bonds. The van der Waals surface area contributed by atoms with Crippen LogP contribution >= 0.6 is 0 Å². The monoisotopic (exact) mass is 482 g/mol. The van der Waals surface area contributed by atoms with Gasteiger partial charge in [-0.15, -0.1) is 0 Å². The summed E-state index contributed by atoms with van der Waals surface area (Å²) in [7, 11) is 3.09. The summed E-state index contributed by atoms with van der Waals surface area (Å²) in [6.07, 6.45) is 3.45. The molecule has 2 aliphatic heterocycles. The number of carbonyl (C=O) groups excluding carboxylic acids is 2. The second-order valence-corrected chi connectivity index (χ2v) is 8.07. The zero-order valence-corrected chi connectivity index (χ0v) is 20.1. The molecular weight excluding hydrogens is 452 g/mol. The Bertz CT molecular complexity index is 1090. The van der Waals surface area contributed by atoms with Crippen molar-refractivity contribution < 1.29 is 23.8 Å². The molecule has 1 atom stereocenters. The molecule has 2 aromatic rings. The predicted octanol–water partition coefficient (Wildman–Crippen LogP) is 1.49. The van der Waals surface area contributed by atoms with E-state index in [0.717, 1.165) is 26.2 Å². The molecule has 1 aromatic heterocycles. The van der Waals surface area contributed by atoms with Gasteiger partial charge < -0.3 is 29.7 Å². The van der Waals surface area contributed by atoms with Crippen molar-refractivity contribution in [3.63, 3.8) is 0 Å². The standard InChI is InChI=1S/C24H30N6O5/c1-4-35-22(31)20-17(15-29-10-12-30(13-11-29)23-25-8-5-9-26-23)27-24(32)28-21(20)16-6-7-18(33-2)19(14-16)34-3/h5-9,14,21H,4,10-13,15H2,1-3H3,(H2,27,28,32). The quantitative estimate of drug-likeness (QED) is 0.540. The van der Waals surface area contributed by atoms with Gasteiger partial charge in [-0.05, 0) is 30.7 Å². The first-order valence-electron chi connectivity index (χ1n) is 11.5. The summed E-state index contributed by atoms with van der Waals surface area (Å²) in [5, 5.41) is 5.70. The molecule has 1 aromatic carbocycles. The number of carbonyl (C=O) groups is 2. The number of aromatic nitrogens is 2. The third kappa shape index (κ3) is 5.46. The average Bonchev–Trinajstić information content (AvgIpc) is 2.89. The Balaban J connectivity index is 1.60. The van der Waals surface area contributed by atoms with Crippen molar-refractivity contribution in [2.45, 2.75) is 13.0 Å². The first kappa shape index (κ1) is 24.3. The van der Waals surface area contributed by atoms with Gasteiger partial charge in [0, 0.05) is 50.8 Å². The van der Waals surface area contributed by atoms with Gasteiger partial charge in [0.25, 0.3) is 0 Å². The fourth-order valence-corrected chi connectivity index (χ4v) is 4.26. The minimum atomic E-state index is -0.698. The van der Waals surface area contributed by atoms with Crippen molar-refractivity contribution in [1.82, 2.24) is 25.5 Å². The van der Waals surface area contributed by atoms with E-state index < -0.39 is 12.0 Å². The van der Waals surface area contributed by atoms with Crippen LogP contribution in [0.4, 0.5) is 10.7 Å². The lowest BCUT2D eigenvalue weighted by molar-refractivity contribution is -0.139. The highest BCUT2D eigenvalue weighted by Gasteiger charge is 2.35. The maximum atomic E-state index is 13.1. The molecule has 11 nitrogen and oxygen atoms in total. The summed E-state index contributed by atoms with van der Waals surface area (Å²) in [4.78, 5) is 38.7. The van der Waals surface area contributed by atoms with Crippen molar-refractivity contribution in [2.75, 3.05) is 58.5 Å². The molecule has 0 radical (unpaired) electrons. The molecule has 0 bridgehead atoms. The summed E-state index contributed by atoms with van der Waals surface area (Å²) in [5.74, 6) is 1.27. The highest BCUT2D eigenvalue weighted by atomic mass is 16.5. The fourth-order valence-electron chi connectivity index (χ4n) is 4.26. The van der Waals surface area contributed by atoms with Crippen LogP contribution in [0, 0.1) is 0 Å². The Hall–Kier alpha value is -3.86. The molecule has 35 heavy (non-hydrogen) atoms. The second-order valence-electron chi connectivity index (χ2n) is 8.07. The number of ether oxygens (including phenoxy) is 3. The second kappa shape index (κ2) is 11.0. The first-order valence-corrected chi connectivity index (χ1v) is 11.5. The van der Waals surface area contributed by atoms with Crippen LogP contribution in [0.25, 0.3) is 0 Å². The summed E-state index contributed by atoms with van der Waals surface area (Å²) in [6.45, 7) is 5.29. The van der Waals surface area contributed by atoms with Crippen molar-refractivity contribution >= 4 is 17.9 Å². The Morgan fingerprint density at radius 3 is 2.46 bits per heavy atom. The minimum Gasteiger partial charge on any atom is -0.493 e. The van der Waals surface area contributed by atoms with Crippen molar-refractivity contribution in [3.8, 4) is 11.5 Å². The molecule has 1 fully saturated rings. The minimum absolute atomic E-state index is 0.220. The molecule has 1 saturated heterocycles. The molecule has 2 aliphatic rings. The first-order chi connectivity index (χ1) is 17.0. The van der Waals surface area contributed by atoms with E-state index >= 15 is 0 Å². The number of amides is 2. The lowest BCUT2D eigenvalue weighted by atomic mass is 9.94. The zero-order valence-electron chi connectivity index (χ0n) is 20.1. The Labute approximate surface area is 204 Å². The smallest absolute Gasteiger partial charge is 0.338 e. The zero-order chi connectivity index (χ0) is 24.8. The van der Waals surface area contributed by atoms with Crippen LogP contribution in [0.1, 0.15) is 18.5 Å². The number of methoxy groups -OCH3 is 2. The Morgan fingerprint density at radius 1 is 1.09 bits per heavy atom. The number of piperazine rings is 1. The molecule has 186 valence electrons. The number of urea groups is 1. The number of esters is 1. The van der Waals surface area contributed by atoms with Gasteiger partial charge in [-0.2, -0.15) is 0 Å². The van der Waals surface area contributed by atoms with Gasteiger partial charge >= 0.3 is 12.0 Å². The van der Waals surface area contributed by atoms with Crippen LogP contribution in [0.2, 0.25) is 0 Å². The van der Waals surface area contributed by atoms with Gasteiger partial charge in [0.2, 0.25) is 5.95 Å². The van der Waals surface area contributed by atoms with E-state index in [4.69, 9.17) is 14.2 Å². The van der Waals surface area contributed by atoms with Gasteiger partial charge in [-0.25, -0.2) is 19.6 Å². The van der Waals surface area contributed by atoms with Gasteiger partial charge in [0.1, 0.15) is 0 Å². The number of anilines is 1. The average molecular weight is 483 g/mol. The summed E-state index contributed by atoms with van der Waals surface area (Å²) in [5.41, 5.74) is 1.58. The molecule has 2 N–H and O–H groups in total. The van der Waals surface area contributed by atoms with E-state index in [-0.39, 0.29) is 12.6 Å². The van der Waals surface area contributed by atoms with E-state index in [1.165, 1.54) is 7.11 Å². The summed E-state index contributed by atoms with van der Waals surface area (Å²) < 4.78 is 16.1. The van der Waals surface area contributed by atoms with Crippen molar-refractivity contribution in [3.05, 3.63) is 53.5 Å². The van der Waals surface area contributed by atoms with Gasteiger partial charge in [0.05, 0.1) is 32.4 Å². The topological polar surface area (TPSA) is 118 Å². The largest absolute Gasteiger partial charge is 0.493 e. The van der Waals surface area contributed by atoms with Crippen LogP contribution in [0.5, 0.6) is 11.5 Å². The number of hydrogen-bond donors (Lipinski definition) is 2. The number of nitrogens with zero attached hydrogens (tertiary/aromatic N) is 4. The molecule has 0 saturated carbocycles. The van der Waals surface area contributed by atoms with Crippen LogP contribution in [-0.2, 0) is 9.53 Å². The highest BCUT2D eigenvalue weighted by Crippen LogP contribution is 2.34. The molecular formula is C24H30N6O5. The number of rotatable bonds is 8. The highest BCUT2D eigenvalue weighted by molar-refractivity contribution is 5.95. The molecule has 11 heteroatoms. The van der Waals surface area contributed by atoms with Crippen LogP contribution in [-0.4, -0.2) is 80.4 Å². The van der Waals surface area contributed by atoms with E-state index in [1.807, 2.05) is 0 Å². The van der Waals surface area contributed by atoms with Crippen molar-refractivity contribution in [2.24, 2.45) is 0 Å². The van der Waals surface area contributed by atoms with E-state index in [9.17, 15) is 9.59 Å². The Kier molecular flexibility index (Phi) is 7.66. The third-order valence-corrected chi connectivity index (χ3v) is 5.98. The molecule has 0 aliphatic carbocycles. The van der Waals surface area contributed by atoms with Gasteiger partial charge in [-0.3, -0.25) is 4.90 Å². The Morgan fingerprint density at radius 2 is 1.80 bits per heavy atom. The van der Waals surface area contributed by atoms with E-state index in [2.05, 4.69) is 30.4 Å². The van der Waals surface area contributed by atoms with Gasteiger partial charge in [0.15, 0.2) is 11.5 Å². The molecule has 4 rings (SSSR count). The SMILES string of the molecule is CCOC(=O)C1=C(CN2CCN(c3ncccn3)CC2)NC(=O)NC1c1ccc(OC)c(OC)c1. The summed E-state index contributed by atoms with van der Waals surface area (Å²) >= 11 is 0. The summed E-state index contributed by atoms with van der Waals surface area (Å²) in [6, 6.07) is 6.01. The molecule has 0 spiro atoms. The van der Waals surface area contributed by atoms with Gasteiger partial charge in [-0.1, -0.05) is 6.07 Å². The lowest BCUT2D eigenvalue weighted by Crippen LogP contribution is -2.52. The fraction of sp³-hybridized carbons (Fsp3) is 0.417. The lowest BCUT2D eigenvalue weighted by Gasteiger charge is -2.37. The van der Waals surface area contributed by atoms with Crippen LogP contribution in [0.3, 0.4) is 0 Å². The number of hydrogen-bond acceptors (Lipinski definition) is 9. The number of benzene rings is 1. The molecule has 3 heterocycles. The molecule has 1 unspecified atom stereocenters. The normalized spacial score (nSPS) is 18.5. The predicted molar refractivity (Wildman–Crippen MR) is 128 cm³/mol. The van der Waals surface area contributed by atoms with Crippen LogP contribution in [0.15, 0.2) is 47.9 Å². The van der Waals surface area contributed by atoms with E-state index in [0.29, 0.717) is 40.8 Å². The number of nitrogens with one attached hydrogen (secondary N) is 2. The maximum Gasteiger partial charge on any atom is 0.338 e. The third-order valence-electron chi connectivity index (χ3n) is 5.98.